The Hall–Kier alpha value is -3.93. The van der Waals surface area contributed by atoms with Crippen molar-refractivity contribution in [1.29, 1.82) is 0 Å². The first-order valence-electron chi connectivity index (χ1n) is 13.0. The maximum Gasteiger partial charge on any atom is 0.401 e. The first-order chi connectivity index (χ1) is 18.9. The minimum Gasteiger partial charge on any atom is -0.480 e. The van der Waals surface area contributed by atoms with Crippen LogP contribution in [-0.4, -0.2) is 62.9 Å². The lowest BCUT2D eigenvalue weighted by atomic mass is 9.84. The second-order valence-corrected chi connectivity index (χ2v) is 10.7. The number of rotatable bonds is 7. The van der Waals surface area contributed by atoms with E-state index in [0.717, 1.165) is 4.57 Å². The number of carbonyl (C=O) groups excluding carboxylic acids is 1. The topological polar surface area (TPSA) is 114 Å². The van der Waals surface area contributed by atoms with Gasteiger partial charge >= 0.3 is 17.8 Å². The summed E-state index contributed by atoms with van der Waals surface area (Å²) in [5.41, 5.74) is -0.0935. The smallest absolute Gasteiger partial charge is 0.401 e. The molecule has 9 nitrogen and oxygen atoms in total. The summed E-state index contributed by atoms with van der Waals surface area (Å²) >= 11 is 0. The lowest BCUT2D eigenvalue weighted by molar-refractivity contribution is -0.154. The SMILES string of the molecule is Cn1ccc(=O)n(-c2cccc3c(C[C@H](NC(=O)C4[C@@H]5CC[C@H]4CN(CC(F)(F)F)C5)C(=O)O)cccc23)c1=O. The quantitative estimate of drug-likeness (QED) is 0.460. The number of benzene rings is 2. The van der Waals surface area contributed by atoms with Crippen molar-refractivity contribution in [3.05, 3.63) is 75.1 Å². The van der Waals surface area contributed by atoms with Gasteiger partial charge in [-0.1, -0.05) is 30.3 Å². The van der Waals surface area contributed by atoms with Crippen LogP contribution in [0.2, 0.25) is 0 Å². The van der Waals surface area contributed by atoms with Crippen LogP contribution < -0.4 is 16.6 Å². The van der Waals surface area contributed by atoms with Gasteiger partial charge in [0.05, 0.1) is 12.2 Å². The van der Waals surface area contributed by atoms with E-state index in [1.54, 1.807) is 36.4 Å². The third-order valence-corrected chi connectivity index (χ3v) is 8.04. The molecular weight excluding hydrogens is 529 g/mol. The molecule has 212 valence electrons. The molecule has 4 atom stereocenters. The Morgan fingerprint density at radius 2 is 1.68 bits per heavy atom. The summed E-state index contributed by atoms with van der Waals surface area (Å²) in [5.74, 6) is -2.75. The molecule has 1 aromatic heterocycles. The van der Waals surface area contributed by atoms with Crippen molar-refractivity contribution < 1.29 is 27.9 Å². The van der Waals surface area contributed by atoms with E-state index in [-0.39, 0.29) is 31.3 Å². The third kappa shape index (κ3) is 5.40. The Morgan fingerprint density at radius 1 is 1.02 bits per heavy atom. The Morgan fingerprint density at radius 3 is 2.33 bits per heavy atom. The maximum atomic E-state index is 13.3. The fourth-order valence-corrected chi connectivity index (χ4v) is 6.34. The van der Waals surface area contributed by atoms with Crippen molar-refractivity contribution in [3.8, 4) is 5.69 Å². The monoisotopic (exact) mass is 558 g/mol. The Bertz CT molecular complexity index is 1570. The number of aryl methyl sites for hydroxylation is 1. The highest BCUT2D eigenvalue weighted by Gasteiger charge is 2.48. The number of nitrogens with zero attached hydrogens (tertiary/aromatic N) is 3. The number of hydrogen-bond acceptors (Lipinski definition) is 5. The Labute approximate surface area is 226 Å². The summed E-state index contributed by atoms with van der Waals surface area (Å²) < 4.78 is 41.0. The Balaban J connectivity index is 1.39. The number of likely N-dealkylation sites (tertiary alicyclic amines) is 1. The predicted molar refractivity (Wildman–Crippen MR) is 140 cm³/mol. The zero-order chi connectivity index (χ0) is 28.8. The van der Waals surface area contributed by atoms with Gasteiger partial charge in [-0.05, 0) is 41.7 Å². The van der Waals surface area contributed by atoms with Crippen molar-refractivity contribution >= 4 is 22.6 Å². The molecule has 2 aromatic carbocycles. The van der Waals surface area contributed by atoms with Gasteiger partial charge in [-0.2, -0.15) is 13.2 Å². The molecule has 1 amide bonds. The van der Waals surface area contributed by atoms with E-state index in [2.05, 4.69) is 5.32 Å². The van der Waals surface area contributed by atoms with Gasteiger partial charge in [0.1, 0.15) is 6.04 Å². The standard InChI is InChI=1S/C28H29F3N4O5/c1-33-11-10-23(36)35(27(33)40)22-7-3-5-19-16(4-2-6-20(19)22)12-21(26(38)39)32-25(37)24-17-8-9-18(24)14-34(13-17)15-28(29,30)31/h2-7,10-11,17-18,21,24H,8-9,12-15H2,1H3,(H,32,37)(H,38,39)/t17-,18+,21-,24?/m0/s1. The summed E-state index contributed by atoms with van der Waals surface area (Å²) in [6.45, 7) is -0.719. The van der Waals surface area contributed by atoms with Gasteiger partial charge in [0.2, 0.25) is 5.91 Å². The highest BCUT2D eigenvalue weighted by molar-refractivity contribution is 5.93. The van der Waals surface area contributed by atoms with Crippen LogP contribution in [0.3, 0.4) is 0 Å². The van der Waals surface area contributed by atoms with E-state index in [1.807, 2.05) is 0 Å². The molecule has 12 heteroatoms. The van der Waals surface area contributed by atoms with Gasteiger partial charge in [-0.3, -0.25) is 14.5 Å². The second-order valence-electron chi connectivity index (χ2n) is 10.7. The van der Waals surface area contributed by atoms with Crippen LogP contribution in [0.4, 0.5) is 13.2 Å². The molecule has 0 radical (unpaired) electrons. The molecule has 2 fully saturated rings. The number of fused-ring (bicyclic) bond motifs is 3. The van der Waals surface area contributed by atoms with E-state index < -0.39 is 47.8 Å². The number of hydrogen-bond donors (Lipinski definition) is 2. The lowest BCUT2D eigenvalue weighted by Gasteiger charge is -2.37. The van der Waals surface area contributed by atoms with Crippen molar-refractivity contribution in [3.63, 3.8) is 0 Å². The molecule has 2 N–H and O–H groups in total. The van der Waals surface area contributed by atoms with Crippen LogP contribution in [0.5, 0.6) is 0 Å². The number of carboxylic acid groups (broad SMARTS) is 1. The minimum atomic E-state index is -4.32. The summed E-state index contributed by atoms with van der Waals surface area (Å²) in [6, 6.07) is 10.2. The lowest BCUT2D eigenvalue weighted by Crippen LogP contribution is -2.53. The molecule has 1 unspecified atom stereocenters. The summed E-state index contributed by atoms with van der Waals surface area (Å²) in [5, 5.41) is 13.8. The van der Waals surface area contributed by atoms with Crippen LogP contribution in [-0.2, 0) is 23.1 Å². The minimum absolute atomic E-state index is 0.0637. The summed E-state index contributed by atoms with van der Waals surface area (Å²) in [6.07, 6.45) is -1.75. The molecule has 1 saturated carbocycles. The van der Waals surface area contributed by atoms with Gasteiger partial charge in [-0.15, -0.1) is 0 Å². The van der Waals surface area contributed by atoms with Crippen LogP contribution in [0, 0.1) is 17.8 Å². The number of piperidine rings is 1. The van der Waals surface area contributed by atoms with Gasteiger partial charge < -0.3 is 15.0 Å². The third-order valence-electron chi connectivity index (χ3n) is 8.04. The number of carbonyl (C=O) groups is 2. The van der Waals surface area contributed by atoms with Gasteiger partial charge in [0, 0.05) is 50.1 Å². The number of halogens is 3. The molecule has 1 aliphatic heterocycles. The molecule has 1 aliphatic carbocycles. The van der Waals surface area contributed by atoms with Gasteiger partial charge in [0.25, 0.3) is 5.56 Å². The van der Waals surface area contributed by atoms with Gasteiger partial charge in [-0.25, -0.2) is 14.2 Å². The van der Waals surface area contributed by atoms with Crippen LogP contribution >= 0.6 is 0 Å². The molecular formula is C28H29F3N4O5. The van der Waals surface area contributed by atoms with Crippen LogP contribution in [0.25, 0.3) is 16.5 Å². The number of carboxylic acids is 1. The van der Waals surface area contributed by atoms with E-state index in [0.29, 0.717) is 34.9 Å². The largest absolute Gasteiger partial charge is 0.480 e. The van der Waals surface area contributed by atoms with E-state index in [1.165, 1.54) is 28.8 Å². The predicted octanol–water partition coefficient (Wildman–Crippen LogP) is 2.32. The van der Waals surface area contributed by atoms with Crippen molar-refractivity contribution in [2.75, 3.05) is 19.6 Å². The van der Waals surface area contributed by atoms with Gasteiger partial charge in [0.15, 0.2) is 0 Å². The molecule has 0 spiro atoms. The molecule has 5 rings (SSSR count). The first-order valence-corrected chi connectivity index (χ1v) is 13.0. The van der Waals surface area contributed by atoms with Crippen molar-refractivity contribution in [1.82, 2.24) is 19.4 Å². The van der Waals surface area contributed by atoms with Crippen LogP contribution in [0.15, 0.2) is 58.3 Å². The maximum absolute atomic E-state index is 13.3. The normalized spacial score (nSPS) is 21.9. The molecule has 1 saturated heterocycles. The fraction of sp³-hybridized carbons (Fsp3) is 0.429. The van der Waals surface area contributed by atoms with Crippen molar-refractivity contribution in [2.45, 2.75) is 31.5 Å². The molecule has 2 heterocycles. The number of alkyl halides is 3. The zero-order valence-corrected chi connectivity index (χ0v) is 21.7. The van der Waals surface area contributed by atoms with Crippen LogP contribution in [0.1, 0.15) is 18.4 Å². The number of aliphatic carboxylic acids is 1. The molecule has 3 aromatic rings. The highest BCUT2D eigenvalue weighted by atomic mass is 19.4. The molecule has 2 bridgehead atoms. The Kier molecular flexibility index (Phi) is 7.30. The first kappa shape index (κ1) is 27.6. The highest BCUT2D eigenvalue weighted by Crippen LogP contribution is 2.42. The summed E-state index contributed by atoms with van der Waals surface area (Å²) in [7, 11) is 1.53. The van der Waals surface area contributed by atoms with E-state index in [9.17, 15) is 37.5 Å². The number of aromatic nitrogens is 2. The second kappa shape index (κ2) is 10.6. The number of nitrogens with one attached hydrogen (secondary N) is 1. The van der Waals surface area contributed by atoms with E-state index >= 15 is 0 Å². The molecule has 2 aliphatic rings. The fourth-order valence-electron chi connectivity index (χ4n) is 6.34. The average molecular weight is 559 g/mol. The zero-order valence-electron chi connectivity index (χ0n) is 21.7. The number of amides is 1. The molecule has 40 heavy (non-hydrogen) atoms. The average Bonchev–Trinajstić information content (AvgIpc) is 3.16. The van der Waals surface area contributed by atoms with Crippen molar-refractivity contribution in [2.24, 2.45) is 24.8 Å². The van der Waals surface area contributed by atoms with E-state index in [4.69, 9.17) is 0 Å². The summed E-state index contributed by atoms with van der Waals surface area (Å²) in [4.78, 5) is 52.2.